The molecule has 6 heteroatoms. The van der Waals surface area contributed by atoms with Crippen molar-refractivity contribution in [2.24, 2.45) is 0 Å². The quantitative estimate of drug-likeness (QED) is 0.831. The molecule has 0 fully saturated rings. The molecule has 2 N–H and O–H groups in total. The van der Waals surface area contributed by atoms with Crippen LogP contribution in [0.15, 0.2) is 53.4 Å². The molecule has 0 spiro atoms. The maximum Gasteiger partial charge on any atom is 0.341 e. The summed E-state index contributed by atoms with van der Waals surface area (Å²) < 4.78 is 5.11. The van der Waals surface area contributed by atoms with Gasteiger partial charge >= 0.3 is 5.97 Å². The Morgan fingerprint density at radius 2 is 1.96 bits per heavy atom. The van der Waals surface area contributed by atoms with Gasteiger partial charge in [0.25, 0.3) is 0 Å². The first kappa shape index (κ1) is 17.4. The second-order valence-electron chi connectivity index (χ2n) is 5.90. The lowest BCUT2D eigenvalue weighted by Crippen LogP contribution is -2.34. The van der Waals surface area contributed by atoms with Gasteiger partial charge in [-0.15, -0.1) is 11.8 Å². The van der Waals surface area contributed by atoms with E-state index in [1.165, 1.54) is 10.5 Å². The fourth-order valence-electron chi connectivity index (χ4n) is 2.72. The Balaban J connectivity index is 1.56. The van der Waals surface area contributed by atoms with Gasteiger partial charge in [0.05, 0.1) is 11.3 Å². The molecule has 2 atom stereocenters. The van der Waals surface area contributed by atoms with Crippen molar-refractivity contribution in [2.45, 2.75) is 29.5 Å². The van der Waals surface area contributed by atoms with Crippen LogP contribution in [0.25, 0.3) is 0 Å². The number of carboxylic acids is 1. The fourth-order valence-corrected chi connectivity index (χ4v) is 3.92. The van der Waals surface area contributed by atoms with E-state index in [1.807, 2.05) is 37.3 Å². The fraction of sp³-hybridized carbons (Fsp3) is 0.263. The minimum Gasteiger partial charge on any atom is -0.482 e. The number of nitrogens with one attached hydrogen (secondary N) is 1. The molecule has 0 radical (unpaired) electrons. The van der Waals surface area contributed by atoms with Gasteiger partial charge in [-0.2, -0.15) is 0 Å². The SMILES string of the molecule is CC(NC(=O)C1Cc2ccccc2S1)c1ccc(OCC(=O)O)cc1. The minimum absolute atomic E-state index is 0.0277. The Bertz CT molecular complexity index is 750. The Morgan fingerprint density at radius 3 is 2.64 bits per heavy atom. The summed E-state index contributed by atoms with van der Waals surface area (Å²) >= 11 is 1.61. The molecule has 25 heavy (non-hydrogen) atoms. The summed E-state index contributed by atoms with van der Waals surface area (Å²) in [5.41, 5.74) is 2.16. The van der Waals surface area contributed by atoms with E-state index in [2.05, 4.69) is 11.4 Å². The molecule has 1 amide bonds. The second kappa shape index (κ2) is 7.61. The average Bonchev–Trinajstić information content (AvgIpc) is 3.04. The Hall–Kier alpha value is -2.47. The molecule has 2 aromatic rings. The molecule has 0 aliphatic carbocycles. The minimum atomic E-state index is -1.01. The maximum atomic E-state index is 12.5. The van der Waals surface area contributed by atoms with Crippen molar-refractivity contribution in [3.05, 3.63) is 59.7 Å². The van der Waals surface area contributed by atoms with E-state index in [4.69, 9.17) is 9.84 Å². The zero-order chi connectivity index (χ0) is 17.8. The van der Waals surface area contributed by atoms with Crippen LogP contribution in [0.3, 0.4) is 0 Å². The number of fused-ring (bicyclic) bond motifs is 1. The van der Waals surface area contributed by atoms with Crippen LogP contribution in [0, 0.1) is 0 Å². The summed E-state index contributed by atoms with van der Waals surface area (Å²) in [6.07, 6.45) is 0.751. The van der Waals surface area contributed by atoms with Crippen LogP contribution in [0.4, 0.5) is 0 Å². The number of benzene rings is 2. The lowest BCUT2D eigenvalue weighted by molar-refractivity contribution is -0.139. The Kier molecular flexibility index (Phi) is 5.28. The first-order valence-electron chi connectivity index (χ1n) is 8.02. The van der Waals surface area contributed by atoms with Crippen LogP contribution >= 0.6 is 11.8 Å². The largest absolute Gasteiger partial charge is 0.482 e. The van der Waals surface area contributed by atoms with E-state index in [1.54, 1.807) is 23.9 Å². The number of carbonyl (C=O) groups excluding carboxylic acids is 1. The van der Waals surface area contributed by atoms with Crippen molar-refractivity contribution in [3.8, 4) is 5.75 Å². The third-order valence-corrected chi connectivity index (χ3v) is 5.36. The van der Waals surface area contributed by atoms with E-state index in [9.17, 15) is 9.59 Å². The summed E-state index contributed by atoms with van der Waals surface area (Å²) in [4.78, 5) is 24.2. The second-order valence-corrected chi connectivity index (χ2v) is 7.14. The summed E-state index contributed by atoms with van der Waals surface area (Å²) in [6.45, 7) is 1.56. The van der Waals surface area contributed by atoms with Crippen molar-refractivity contribution in [1.29, 1.82) is 0 Å². The van der Waals surface area contributed by atoms with Crippen LogP contribution in [0.5, 0.6) is 5.75 Å². The maximum absolute atomic E-state index is 12.5. The van der Waals surface area contributed by atoms with Gasteiger partial charge in [0.15, 0.2) is 6.61 Å². The van der Waals surface area contributed by atoms with Crippen LogP contribution < -0.4 is 10.1 Å². The van der Waals surface area contributed by atoms with Gasteiger partial charge in [-0.25, -0.2) is 4.79 Å². The lowest BCUT2D eigenvalue weighted by atomic mass is 10.1. The molecule has 0 bridgehead atoms. The predicted octanol–water partition coefficient (Wildman–Crippen LogP) is 3.04. The van der Waals surface area contributed by atoms with Crippen LogP contribution in [0.1, 0.15) is 24.1 Å². The first-order valence-corrected chi connectivity index (χ1v) is 8.90. The Labute approximate surface area is 150 Å². The van der Waals surface area contributed by atoms with E-state index < -0.39 is 5.97 Å². The molecular formula is C19H19NO4S. The van der Waals surface area contributed by atoms with Crippen LogP contribution in [-0.2, 0) is 16.0 Å². The molecule has 2 unspecified atom stereocenters. The average molecular weight is 357 g/mol. The normalized spacial score (nSPS) is 16.8. The number of amides is 1. The smallest absolute Gasteiger partial charge is 0.341 e. The number of carboxylic acid groups (broad SMARTS) is 1. The number of carbonyl (C=O) groups is 2. The summed E-state index contributed by atoms with van der Waals surface area (Å²) in [6, 6.07) is 15.0. The molecule has 1 aliphatic rings. The van der Waals surface area contributed by atoms with E-state index in [0.29, 0.717) is 5.75 Å². The molecule has 130 valence electrons. The van der Waals surface area contributed by atoms with Gasteiger partial charge in [-0.05, 0) is 42.7 Å². The molecular weight excluding hydrogens is 338 g/mol. The van der Waals surface area contributed by atoms with Crippen molar-refractivity contribution < 1.29 is 19.4 Å². The van der Waals surface area contributed by atoms with Crippen molar-refractivity contribution >= 4 is 23.6 Å². The molecule has 5 nitrogen and oxygen atoms in total. The molecule has 0 saturated carbocycles. The van der Waals surface area contributed by atoms with Crippen molar-refractivity contribution in [3.63, 3.8) is 0 Å². The van der Waals surface area contributed by atoms with Gasteiger partial charge in [-0.1, -0.05) is 30.3 Å². The number of ether oxygens (including phenoxy) is 1. The molecule has 3 rings (SSSR count). The summed E-state index contributed by atoms with van der Waals surface area (Å²) in [5, 5.41) is 11.6. The first-order chi connectivity index (χ1) is 12.0. The third kappa shape index (κ3) is 4.33. The molecule has 0 aromatic heterocycles. The lowest BCUT2D eigenvalue weighted by Gasteiger charge is -2.17. The third-order valence-electron chi connectivity index (χ3n) is 4.04. The number of hydrogen-bond donors (Lipinski definition) is 2. The zero-order valence-corrected chi connectivity index (χ0v) is 14.6. The van der Waals surface area contributed by atoms with E-state index in [0.717, 1.165) is 12.0 Å². The van der Waals surface area contributed by atoms with Gasteiger partial charge < -0.3 is 15.2 Å². The highest BCUT2D eigenvalue weighted by atomic mass is 32.2. The van der Waals surface area contributed by atoms with Crippen molar-refractivity contribution in [2.75, 3.05) is 6.61 Å². The highest BCUT2D eigenvalue weighted by Gasteiger charge is 2.28. The number of thioether (sulfide) groups is 1. The number of aliphatic carboxylic acids is 1. The predicted molar refractivity (Wildman–Crippen MR) is 95.9 cm³/mol. The molecule has 1 heterocycles. The van der Waals surface area contributed by atoms with Gasteiger partial charge in [0.2, 0.25) is 5.91 Å². The standard InChI is InChI=1S/C19H19NO4S/c1-12(13-6-8-15(9-7-13)24-11-18(21)22)20-19(23)17-10-14-4-2-3-5-16(14)25-17/h2-9,12,17H,10-11H2,1H3,(H,20,23)(H,21,22). The summed E-state index contributed by atoms with van der Waals surface area (Å²) in [7, 11) is 0. The number of hydrogen-bond acceptors (Lipinski definition) is 4. The van der Waals surface area contributed by atoms with Gasteiger partial charge in [0.1, 0.15) is 5.75 Å². The van der Waals surface area contributed by atoms with E-state index in [-0.39, 0.29) is 23.8 Å². The molecule has 1 aliphatic heterocycles. The molecule has 2 aromatic carbocycles. The van der Waals surface area contributed by atoms with Gasteiger partial charge in [-0.3, -0.25) is 4.79 Å². The van der Waals surface area contributed by atoms with Crippen molar-refractivity contribution in [1.82, 2.24) is 5.32 Å². The zero-order valence-electron chi connectivity index (χ0n) is 13.8. The highest BCUT2D eigenvalue weighted by molar-refractivity contribution is 8.01. The Morgan fingerprint density at radius 1 is 1.24 bits per heavy atom. The van der Waals surface area contributed by atoms with E-state index >= 15 is 0 Å². The summed E-state index contributed by atoms with van der Waals surface area (Å²) in [5.74, 6) is -0.494. The molecule has 0 saturated heterocycles. The monoisotopic (exact) mass is 357 g/mol. The topological polar surface area (TPSA) is 75.6 Å². The van der Waals surface area contributed by atoms with Gasteiger partial charge in [0, 0.05) is 4.90 Å². The number of rotatable bonds is 6. The van der Waals surface area contributed by atoms with Crippen LogP contribution in [-0.4, -0.2) is 28.8 Å². The highest BCUT2D eigenvalue weighted by Crippen LogP contribution is 2.37. The van der Waals surface area contributed by atoms with Crippen LogP contribution in [0.2, 0.25) is 0 Å².